The summed E-state index contributed by atoms with van der Waals surface area (Å²) < 4.78 is 7.13. The van der Waals surface area contributed by atoms with Crippen molar-refractivity contribution in [3.8, 4) is 0 Å². The molecule has 0 bridgehead atoms. The van der Waals surface area contributed by atoms with Crippen LogP contribution in [-0.4, -0.2) is 62.6 Å². The van der Waals surface area contributed by atoms with E-state index in [4.69, 9.17) is 4.74 Å². The fraction of sp³-hybridized carbons (Fsp3) is 0.588. The lowest BCUT2D eigenvalue weighted by atomic mass is 9.80. The summed E-state index contributed by atoms with van der Waals surface area (Å²) in [6.07, 6.45) is 6.16. The Morgan fingerprint density at radius 3 is 2.92 bits per heavy atom. The lowest BCUT2D eigenvalue weighted by Crippen LogP contribution is -2.54. The molecule has 8 heteroatoms. The van der Waals surface area contributed by atoms with E-state index in [1.165, 1.54) is 0 Å². The minimum atomic E-state index is -0.180. The third-order valence-corrected chi connectivity index (χ3v) is 5.38. The second-order valence-electron chi connectivity index (χ2n) is 7.16. The van der Waals surface area contributed by atoms with Crippen LogP contribution in [-0.2, 0) is 24.6 Å². The molecule has 2 aromatic heterocycles. The predicted octanol–water partition coefficient (Wildman–Crippen LogP) is 0.975. The highest BCUT2D eigenvalue weighted by Gasteiger charge is 2.38. The fourth-order valence-corrected chi connectivity index (χ4v) is 3.92. The number of fused-ring (bicyclic) bond motifs is 1. The van der Waals surface area contributed by atoms with Crippen LogP contribution >= 0.6 is 0 Å². The normalized spacial score (nSPS) is 24.1. The molecule has 1 fully saturated rings. The summed E-state index contributed by atoms with van der Waals surface area (Å²) in [5.41, 5.74) is 3.41. The Hall–Kier alpha value is -2.19. The Labute approximate surface area is 146 Å². The summed E-state index contributed by atoms with van der Waals surface area (Å²) in [5.74, 6) is -0.180. The van der Waals surface area contributed by atoms with Crippen molar-refractivity contribution in [2.24, 2.45) is 7.05 Å². The maximum atomic E-state index is 12.6. The van der Waals surface area contributed by atoms with Gasteiger partial charge in [0.2, 0.25) is 0 Å². The van der Waals surface area contributed by atoms with Gasteiger partial charge in [-0.1, -0.05) is 0 Å². The van der Waals surface area contributed by atoms with E-state index < -0.39 is 0 Å². The molecule has 0 spiro atoms. The molecule has 4 rings (SSSR count). The molecule has 1 atom stereocenters. The largest absolute Gasteiger partial charge is 0.379 e. The van der Waals surface area contributed by atoms with Crippen LogP contribution in [0.1, 0.15) is 35.1 Å². The smallest absolute Gasteiger partial charge is 0.276 e. The van der Waals surface area contributed by atoms with Crippen molar-refractivity contribution in [1.82, 2.24) is 24.9 Å². The molecule has 1 amide bonds. The van der Waals surface area contributed by atoms with Gasteiger partial charge in [0.15, 0.2) is 5.69 Å². The molecule has 134 valence electrons. The molecule has 3 heterocycles. The van der Waals surface area contributed by atoms with Gasteiger partial charge in [-0.25, -0.2) is 0 Å². The lowest BCUT2D eigenvalue weighted by Gasteiger charge is -2.45. The molecule has 0 aromatic carbocycles. The number of rotatable bonds is 3. The average Bonchev–Trinajstić information content (AvgIpc) is 3.21. The Balaban J connectivity index is 1.51. The van der Waals surface area contributed by atoms with E-state index in [0.29, 0.717) is 11.4 Å². The maximum absolute atomic E-state index is 12.6. The SMILES string of the molecule is Cn1cc(NC(=O)c2n[nH]c3c2CCC(C)(N2CCOCC2)C3)cn1. The van der Waals surface area contributed by atoms with Gasteiger partial charge in [0.25, 0.3) is 5.91 Å². The van der Waals surface area contributed by atoms with Gasteiger partial charge in [-0.3, -0.25) is 19.5 Å². The van der Waals surface area contributed by atoms with Gasteiger partial charge >= 0.3 is 0 Å². The number of H-pyrrole nitrogens is 1. The summed E-state index contributed by atoms with van der Waals surface area (Å²) >= 11 is 0. The lowest BCUT2D eigenvalue weighted by molar-refractivity contribution is -0.0215. The van der Waals surface area contributed by atoms with Crippen molar-refractivity contribution in [2.75, 3.05) is 31.6 Å². The number of ether oxygens (including phenoxy) is 1. The van der Waals surface area contributed by atoms with E-state index in [-0.39, 0.29) is 11.4 Å². The Morgan fingerprint density at radius 2 is 2.20 bits per heavy atom. The summed E-state index contributed by atoms with van der Waals surface area (Å²) in [5, 5.41) is 14.3. The predicted molar refractivity (Wildman–Crippen MR) is 92.6 cm³/mol. The Morgan fingerprint density at radius 1 is 1.40 bits per heavy atom. The monoisotopic (exact) mass is 344 g/mol. The van der Waals surface area contributed by atoms with Gasteiger partial charge in [-0.2, -0.15) is 10.2 Å². The Kier molecular flexibility index (Phi) is 4.09. The van der Waals surface area contributed by atoms with E-state index in [9.17, 15) is 4.79 Å². The molecule has 2 aliphatic rings. The van der Waals surface area contributed by atoms with E-state index in [1.807, 2.05) is 7.05 Å². The van der Waals surface area contributed by atoms with Crippen molar-refractivity contribution in [2.45, 2.75) is 31.7 Å². The average molecular weight is 344 g/mol. The summed E-state index contributed by atoms with van der Waals surface area (Å²) in [7, 11) is 1.82. The first-order chi connectivity index (χ1) is 12.0. The Bertz CT molecular complexity index is 776. The van der Waals surface area contributed by atoms with Crippen LogP contribution in [0, 0.1) is 0 Å². The first-order valence-electron chi connectivity index (χ1n) is 8.74. The topological polar surface area (TPSA) is 88.1 Å². The zero-order valence-electron chi connectivity index (χ0n) is 14.7. The molecular weight excluding hydrogens is 320 g/mol. The molecule has 2 N–H and O–H groups in total. The van der Waals surface area contributed by atoms with Gasteiger partial charge in [-0.05, 0) is 19.8 Å². The number of aromatic nitrogens is 4. The summed E-state index contributed by atoms with van der Waals surface area (Å²) in [6.45, 7) is 5.83. The van der Waals surface area contributed by atoms with Crippen molar-refractivity contribution >= 4 is 11.6 Å². The summed E-state index contributed by atoms with van der Waals surface area (Å²) in [6, 6.07) is 0. The zero-order valence-corrected chi connectivity index (χ0v) is 14.7. The number of carbonyl (C=O) groups is 1. The van der Waals surface area contributed by atoms with Gasteiger partial charge in [-0.15, -0.1) is 0 Å². The highest BCUT2D eigenvalue weighted by Crippen LogP contribution is 2.34. The molecule has 25 heavy (non-hydrogen) atoms. The molecule has 1 unspecified atom stereocenters. The highest BCUT2D eigenvalue weighted by molar-refractivity contribution is 6.03. The standard InChI is InChI=1S/C17H24N6O2/c1-17(23-5-7-25-8-6-23)4-3-13-14(9-17)20-21-15(13)16(24)19-12-10-18-22(2)11-12/h10-11H,3-9H2,1-2H3,(H,19,24)(H,20,21). The molecule has 0 radical (unpaired) electrons. The number of aryl methyl sites for hydroxylation is 1. The molecule has 1 aliphatic heterocycles. The quantitative estimate of drug-likeness (QED) is 0.866. The van der Waals surface area contributed by atoms with Crippen LogP contribution < -0.4 is 5.32 Å². The number of nitrogens with one attached hydrogen (secondary N) is 2. The van der Waals surface area contributed by atoms with Crippen LogP contribution in [0.2, 0.25) is 0 Å². The maximum Gasteiger partial charge on any atom is 0.276 e. The van der Waals surface area contributed by atoms with Crippen LogP contribution in [0.3, 0.4) is 0 Å². The molecule has 2 aromatic rings. The number of amides is 1. The molecular formula is C17H24N6O2. The van der Waals surface area contributed by atoms with E-state index in [0.717, 1.165) is 56.8 Å². The second kappa shape index (κ2) is 6.27. The van der Waals surface area contributed by atoms with E-state index >= 15 is 0 Å². The fourth-order valence-electron chi connectivity index (χ4n) is 3.92. The number of hydrogen-bond donors (Lipinski definition) is 2. The van der Waals surface area contributed by atoms with Crippen LogP contribution in [0.25, 0.3) is 0 Å². The summed E-state index contributed by atoms with van der Waals surface area (Å²) in [4.78, 5) is 15.1. The first kappa shape index (κ1) is 16.3. The van der Waals surface area contributed by atoms with Gasteiger partial charge in [0, 0.05) is 49.6 Å². The number of morpholine rings is 1. The van der Waals surface area contributed by atoms with Crippen LogP contribution in [0.15, 0.2) is 12.4 Å². The minimum Gasteiger partial charge on any atom is -0.379 e. The van der Waals surface area contributed by atoms with Crippen LogP contribution in [0.5, 0.6) is 0 Å². The third kappa shape index (κ3) is 3.07. The minimum absolute atomic E-state index is 0.0976. The molecule has 8 nitrogen and oxygen atoms in total. The van der Waals surface area contributed by atoms with Crippen LogP contribution in [0.4, 0.5) is 5.69 Å². The molecule has 1 aliphatic carbocycles. The first-order valence-corrected chi connectivity index (χ1v) is 8.74. The number of carbonyl (C=O) groups excluding carboxylic acids is 1. The van der Waals surface area contributed by atoms with Crippen molar-refractivity contribution < 1.29 is 9.53 Å². The third-order valence-electron chi connectivity index (χ3n) is 5.38. The van der Waals surface area contributed by atoms with Gasteiger partial charge in [0.05, 0.1) is 25.1 Å². The molecule has 0 saturated carbocycles. The zero-order chi connectivity index (χ0) is 17.4. The van der Waals surface area contributed by atoms with E-state index in [1.54, 1.807) is 17.1 Å². The van der Waals surface area contributed by atoms with E-state index in [2.05, 4.69) is 32.4 Å². The number of hydrogen-bond acceptors (Lipinski definition) is 5. The highest BCUT2D eigenvalue weighted by atomic mass is 16.5. The number of anilines is 1. The van der Waals surface area contributed by atoms with Crippen molar-refractivity contribution in [1.29, 1.82) is 0 Å². The number of nitrogens with zero attached hydrogens (tertiary/aromatic N) is 4. The van der Waals surface area contributed by atoms with Gasteiger partial charge in [0.1, 0.15) is 0 Å². The van der Waals surface area contributed by atoms with Crippen molar-refractivity contribution in [3.63, 3.8) is 0 Å². The second-order valence-corrected chi connectivity index (χ2v) is 7.16. The number of aromatic amines is 1. The van der Waals surface area contributed by atoms with Crippen molar-refractivity contribution in [3.05, 3.63) is 29.3 Å². The molecule has 1 saturated heterocycles. The van der Waals surface area contributed by atoms with Gasteiger partial charge < -0.3 is 10.1 Å².